The van der Waals surface area contributed by atoms with Crippen molar-refractivity contribution in [1.29, 1.82) is 0 Å². The summed E-state index contributed by atoms with van der Waals surface area (Å²) in [5.41, 5.74) is 21.0. The molecule has 13 aromatic rings. The van der Waals surface area contributed by atoms with Gasteiger partial charge in [-0.3, -0.25) is 0 Å². The molecule has 0 saturated heterocycles. The summed E-state index contributed by atoms with van der Waals surface area (Å²) in [6, 6.07) is 75.0. The number of unbranched alkanes of at least 4 members (excludes halogenated alkanes) is 15. The van der Waals surface area contributed by atoms with Crippen molar-refractivity contribution in [3.8, 4) is 80.8 Å². The fourth-order valence-electron chi connectivity index (χ4n) is 17.0. The third-order valence-electron chi connectivity index (χ3n) is 22.7. The molecule has 105 heavy (non-hydrogen) atoms. The molecule has 2 aliphatic rings. The van der Waals surface area contributed by atoms with Crippen molar-refractivity contribution in [2.24, 2.45) is 0 Å². The summed E-state index contributed by atoms with van der Waals surface area (Å²) >= 11 is 16.0. The first kappa shape index (κ1) is 74.2. The van der Waals surface area contributed by atoms with Crippen LogP contribution in [-0.4, -0.2) is 0 Å². The maximum atomic E-state index is 2.75. The molecule has 8 aromatic heterocycles. The molecule has 2 aliphatic carbocycles. The zero-order valence-corrected chi connectivity index (χ0v) is 69.8. The van der Waals surface area contributed by atoms with Crippen LogP contribution in [0.3, 0.4) is 0 Å². The minimum absolute atomic E-state index is 0.530. The van der Waals surface area contributed by atoms with Gasteiger partial charge in [0.05, 0.1) is 15.7 Å². The largest absolute Gasteiger partial charge is 0.140 e. The molecule has 8 heteroatoms. The van der Waals surface area contributed by atoms with Crippen LogP contribution in [0.15, 0.2) is 182 Å². The van der Waals surface area contributed by atoms with Crippen LogP contribution < -0.4 is 0 Å². The van der Waals surface area contributed by atoms with Crippen LogP contribution in [0.5, 0.6) is 0 Å². The summed E-state index contributed by atoms with van der Waals surface area (Å²) in [6.45, 7) is 18.5. The summed E-state index contributed by atoms with van der Waals surface area (Å²) < 4.78 is 0. The van der Waals surface area contributed by atoms with Crippen molar-refractivity contribution >= 4 is 90.7 Å². The van der Waals surface area contributed by atoms with Crippen LogP contribution in [0.25, 0.3) is 80.8 Å². The molecule has 5 aromatic carbocycles. The number of hydrogen-bond donors (Lipinski definition) is 0. The molecule has 1 atom stereocenters. The lowest BCUT2D eigenvalue weighted by Crippen LogP contribution is -2.30. The Labute approximate surface area is 660 Å². The quantitative estimate of drug-likeness (QED) is 0.0347. The Balaban J connectivity index is 0.929. The van der Waals surface area contributed by atoms with Crippen LogP contribution in [0.4, 0.5) is 0 Å². The van der Waals surface area contributed by atoms with E-state index in [1.807, 2.05) is 79.4 Å². The first-order chi connectivity index (χ1) is 51.5. The zero-order valence-electron chi connectivity index (χ0n) is 63.3. The normalized spacial score (nSPS) is 14.2. The van der Waals surface area contributed by atoms with E-state index in [9.17, 15) is 0 Å². The summed E-state index contributed by atoms with van der Waals surface area (Å²) in [5.74, 6) is 0. The van der Waals surface area contributed by atoms with E-state index in [4.69, 9.17) is 0 Å². The third-order valence-corrected chi connectivity index (χ3v) is 32.4. The fraction of sp³-hybridized carbons (Fsp3) is 0.361. The van der Waals surface area contributed by atoms with Crippen LogP contribution in [0.2, 0.25) is 0 Å². The Morgan fingerprint density at radius 3 is 1.06 bits per heavy atom. The molecule has 0 fully saturated rings. The second-order valence-corrected chi connectivity index (χ2v) is 39.3. The smallest absolute Gasteiger partial charge is 0.0722 e. The monoisotopic (exact) mass is 1520 g/mol. The van der Waals surface area contributed by atoms with E-state index in [0.717, 1.165) is 19.3 Å². The Morgan fingerprint density at radius 2 is 0.600 bits per heavy atom. The second-order valence-electron chi connectivity index (χ2n) is 30.2. The maximum Gasteiger partial charge on any atom is 0.0722 e. The van der Waals surface area contributed by atoms with Gasteiger partial charge >= 0.3 is 0 Å². The number of fused-ring (bicyclic) bond motifs is 6. The molecule has 0 radical (unpaired) electrons. The lowest BCUT2D eigenvalue weighted by Gasteiger charge is -2.35. The van der Waals surface area contributed by atoms with Crippen LogP contribution in [-0.2, 0) is 42.9 Å². The van der Waals surface area contributed by atoms with E-state index in [1.54, 1.807) is 0 Å². The minimum Gasteiger partial charge on any atom is -0.140 e. The van der Waals surface area contributed by atoms with Gasteiger partial charge < -0.3 is 0 Å². The summed E-state index contributed by atoms with van der Waals surface area (Å²) in [4.78, 5) is 22.2. The Hall–Kier alpha value is -6.30. The molecule has 0 bridgehead atoms. The van der Waals surface area contributed by atoms with Gasteiger partial charge in [-0.1, -0.05) is 234 Å². The zero-order chi connectivity index (χ0) is 72.0. The third kappa shape index (κ3) is 15.1. The van der Waals surface area contributed by atoms with Crippen LogP contribution in [0.1, 0.15) is 249 Å². The van der Waals surface area contributed by atoms with E-state index >= 15 is 0 Å². The number of hydrogen-bond acceptors (Lipinski definition) is 8. The fourth-order valence-corrected chi connectivity index (χ4v) is 26.2. The first-order valence-electron chi connectivity index (χ1n) is 40.0. The van der Waals surface area contributed by atoms with Gasteiger partial charge in [0.1, 0.15) is 0 Å². The van der Waals surface area contributed by atoms with Crippen molar-refractivity contribution < 1.29 is 0 Å². The van der Waals surface area contributed by atoms with Gasteiger partial charge in [-0.2, -0.15) is 0 Å². The molecule has 8 heterocycles. The van der Waals surface area contributed by atoms with Crippen molar-refractivity contribution in [1.82, 2.24) is 0 Å². The molecule has 540 valence electrons. The van der Waals surface area contributed by atoms with Gasteiger partial charge in [-0.15, -0.1) is 90.7 Å². The predicted molar refractivity (Wildman–Crippen MR) is 470 cm³/mol. The van der Waals surface area contributed by atoms with Crippen molar-refractivity contribution in [2.75, 3.05) is 0 Å². The second kappa shape index (κ2) is 33.7. The van der Waals surface area contributed by atoms with Gasteiger partial charge in [0.15, 0.2) is 0 Å². The molecule has 15 rings (SSSR count). The highest BCUT2D eigenvalue weighted by Crippen LogP contribution is 2.66. The number of benzene rings is 5. The standard InChI is InChI=1S/C97H104S8/c1-9-14-19-24-29-67-36-44-71(45-37-67)96(70-42-34-64(6)35-43-70)80-60-78-81(59-77(80)93-82(96)58-65(7)98-93)97(72-46-38-68(39-47-72)30-25-20-15-10-2,73-48-40-69(41-49-73)31-26-21-16-11-3)83-63-92(105-94(78)83)95-79(85-55-57-89(103-85)87-53-51-75(101-87)33-28-23-18-13-5)62-91(104-95)90-61-76(66(8)99-90)84-54-56-88(102-84)86-52-50-74(100-86)32-27-22-17-12-4/h34-63H,9-33H2,1-8H3. The molecule has 0 saturated carbocycles. The lowest BCUT2D eigenvalue weighted by atomic mass is 9.65. The minimum atomic E-state index is -0.612. The molecular weight excluding hydrogens is 1420 g/mol. The number of aryl methyl sites for hydroxylation is 8. The van der Waals surface area contributed by atoms with Crippen LogP contribution >= 0.6 is 90.7 Å². The van der Waals surface area contributed by atoms with Gasteiger partial charge in [0.25, 0.3) is 0 Å². The SMILES string of the molecule is CCCCCCc1ccc(C2(c3ccc(C)cc3)c3cc4c(cc3-c3sc(C)cc32)C(c2ccc(CCCCCC)cc2)(c2ccc(CCCCCC)cc2)c2cc(-c3sc(-c5cc(-c6ccc(-c7ccc(CCCCCC)s7)s6)c(C)s5)cc3-c3ccc(-c5ccc(CCCCCC)s5)s3)sc2-4)cc1. The topological polar surface area (TPSA) is 0 Å². The lowest BCUT2D eigenvalue weighted by molar-refractivity contribution is 0.666. The molecule has 0 N–H and O–H groups in total. The van der Waals surface area contributed by atoms with Gasteiger partial charge in [0, 0.05) is 84.3 Å². The predicted octanol–water partition coefficient (Wildman–Crippen LogP) is 32.4. The van der Waals surface area contributed by atoms with Crippen molar-refractivity contribution in [3.05, 3.63) is 268 Å². The van der Waals surface area contributed by atoms with Gasteiger partial charge in [-0.25, -0.2) is 0 Å². The van der Waals surface area contributed by atoms with Gasteiger partial charge in [0.2, 0.25) is 0 Å². The van der Waals surface area contributed by atoms with E-state index < -0.39 is 10.8 Å². The summed E-state index contributed by atoms with van der Waals surface area (Å²) in [6.07, 6.45) is 31.2. The highest BCUT2D eigenvalue weighted by atomic mass is 32.1. The average molecular weight is 1530 g/mol. The molecule has 1 unspecified atom stereocenters. The molecule has 0 nitrogen and oxygen atoms in total. The highest BCUT2D eigenvalue weighted by Gasteiger charge is 2.53. The summed E-state index contributed by atoms with van der Waals surface area (Å²) in [5, 5.41) is 0. The Bertz CT molecular complexity index is 4970. The molecule has 0 spiro atoms. The van der Waals surface area contributed by atoms with Crippen molar-refractivity contribution in [2.45, 2.75) is 227 Å². The number of rotatable bonds is 35. The van der Waals surface area contributed by atoms with Crippen molar-refractivity contribution in [3.63, 3.8) is 0 Å². The first-order valence-corrected chi connectivity index (χ1v) is 46.5. The van der Waals surface area contributed by atoms with E-state index in [1.165, 1.54) is 308 Å². The molecule has 0 aliphatic heterocycles. The average Bonchev–Trinajstić information content (AvgIpc) is 1.50. The van der Waals surface area contributed by atoms with E-state index in [-0.39, 0.29) is 0 Å². The Morgan fingerprint density at radius 1 is 0.238 bits per heavy atom. The maximum absolute atomic E-state index is 2.75. The summed E-state index contributed by atoms with van der Waals surface area (Å²) in [7, 11) is 0. The Kier molecular flexibility index (Phi) is 23.8. The van der Waals surface area contributed by atoms with E-state index in [0.29, 0.717) is 0 Å². The number of thiophene rings is 8. The van der Waals surface area contributed by atoms with E-state index in [2.05, 4.69) is 249 Å². The molecule has 0 amide bonds. The molecular formula is C97H104S8. The van der Waals surface area contributed by atoms with Crippen LogP contribution in [0, 0.1) is 20.8 Å². The highest BCUT2D eigenvalue weighted by molar-refractivity contribution is 7.29. The van der Waals surface area contributed by atoms with Gasteiger partial charge in [-0.05, 0) is 242 Å².